The first-order chi connectivity index (χ1) is 9.58. The van der Waals surface area contributed by atoms with Gasteiger partial charge in [0, 0.05) is 4.47 Å². The minimum atomic E-state index is -0.539. The largest absolute Gasteiger partial charge is 0.463 e. The molecule has 2 aromatic rings. The van der Waals surface area contributed by atoms with Gasteiger partial charge in [0.1, 0.15) is 0 Å². The van der Waals surface area contributed by atoms with Crippen LogP contribution in [0.3, 0.4) is 0 Å². The van der Waals surface area contributed by atoms with Crippen LogP contribution in [-0.2, 0) is 0 Å². The molecule has 0 aliphatic rings. The molecule has 0 aliphatic heterocycles. The second-order valence-electron chi connectivity index (χ2n) is 3.78. The highest BCUT2D eigenvalue weighted by Gasteiger charge is 2.11. The lowest BCUT2D eigenvalue weighted by molar-refractivity contribution is 0.284. The van der Waals surface area contributed by atoms with Crippen molar-refractivity contribution in [3.05, 3.63) is 28.5 Å². The molecule has 8 heteroatoms. The van der Waals surface area contributed by atoms with E-state index >= 15 is 0 Å². The summed E-state index contributed by atoms with van der Waals surface area (Å²) in [6.45, 7) is 2.38. The molecule has 6 nitrogen and oxygen atoms in total. The third-order valence-corrected chi connectivity index (χ3v) is 2.63. The summed E-state index contributed by atoms with van der Waals surface area (Å²) in [4.78, 5) is 11.5. The minimum Gasteiger partial charge on any atom is -0.463 e. The molecule has 20 heavy (non-hydrogen) atoms. The lowest BCUT2D eigenvalue weighted by atomic mass is 10.3. The number of hydrogen-bond acceptors (Lipinski definition) is 6. The smallest absolute Gasteiger partial charge is 0.330 e. The maximum absolute atomic E-state index is 13.6. The zero-order valence-electron chi connectivity index (χ0n) is 10.6. The van der Waals surface area contributed by atoms with Crippen molar-refractivity contribution in [2.24, 2.45) is 0 Å². The van der Waals surface area contributed by atoms with Crippen molar-refractivity contribution in [2.75, 3.05) is 12.3 Å². The van der Waals surface area contributed by atoms with Crippen molar-refractivity contribution in [1.29, 1.82) is 0 Å². The van der Waals surface area contributed by atoms with Crippen LogP contribution in [0.5, 0.6) is 17.8 Å². The van der Waals surface area contributed by atoms with Crippen molar-refractivity contribution in [3.8, 4) is 17.8 Å². The van der Waals surface area contributed by atoms with Crippen LogP contribution in [0.15, 0.2) is 22.7 Å². The number of halogens is 2. The molecule has 0 radical (unpaired) electrons. The van der Waals surface area contributed by atoms with E-state index in [0.29, 0.717) is 11.1 Å². The standard InChI is InChI=1S/C12H12BrFN4O2/c1-2-5-19-11-16-10(15)17-12(18-11)20-9-6-7(13)3-4-8(9)14/h3-4,6H,2,5H2,1H3,(H2,15,16,17,18). The van der Waals surface area contributed by atoms with E-state index in [1.807, 2.05) is 6.92 Å². The number of nitrogens with two attached hydrogens (primary N) is 1. The first kappa shape index (κ1) is 14.4. The van der Waals surface area contributed by atoms with E-state index in [-0.39, 0.29) is 23.7 Å². The van der Waals surface area contributed by atoms with Crippen LogP contribution >= 0.6 is 15.9 Å². The summed E-state index contributed by atoms with van der Waals surface area (Å²) in [6.07, 6.45) is 0.794. The highest BCUT2D eigenvalue weighted by molar-refractivity contribution is 9.10. The van der Waals surface area contributed by atoms with Crippen molar-refractivity contribution in [2.45, 2.75) is 13.3 Å². The van der Waals surface area contributed by atoms with Gasteiger partial charge in [-0.3, -0.25) is 0 Å². The Hall–Kier alpha value is -1.96. The molecule has 106 valence electrons. The maximum Gasteiger partial charge on any atom is 0.330 e. The summed E-state index contributed by atoms with van der Waals surface area (Å²) in [5.41, 5.74) is 5.53. The van der Waals surface area contributed by atoms with Gasteiger partial charge in [-0.2, -0.15) is 9.97 Å². The fourth-order valence-corrected chi connectivity index (χ4v) is 1.65. The predicted octanol–water partition coefficient (Wildman–Crippen LogP) is 2.94. The average molecular weight is 343 g/mol. The number of nitrogens with zero attached hydrogens (tertiary/aromatic N) is 3. The Morgan fingerprint density at radius 1 is 1.25 bits per heavy atom. The van der Waals surface area contributed by atoms with Gasteiger partial charge in [0.2, 0.25) is 5.95 Å². The molecule has 0 atom stereocenters. The van der Waals surface area contributed by atoms with Crippen LogP contribution in [-0.4, -0.2) is 21.6 Å². The summed E-state index contributed by atoms with van der Waals surface area (Å²) in [5.74, 6) is -0.619. The molecule has 0 bridgehead atoms. The molecule has 0 saturated carbocycles. The van der Waals surface area contributed by atoms with Gasteiger partial charge < -0.3 is 15.2 Å². The molecule has 2 N–H and O–H groups in total. The molecule has 0 unspecified atom stereocenters. The predicted molar refractivity (Wildman–Crippen MR) is 74.2 cm³/mol. The number of benzene rings is 1. The van der Waals surface area contributed by atoms with E-state index in [2.05, 4.69) is 30.9 Å². The van der Waals surface area contributed by atoms with Gasteiger partial charge >= 0.3 is 12.0 Å². The Morgan fingerprint density at radius 3 is 2.75 bits per heavy atom. The van der Waals surface area contributed by atoms with Crippen molar-refractivity contribution < 1.29 is 13.9 Å². The van der Waals surface area contributed by atoms with Gasteiger partial charge in [-0.15, -0.1) is 4.98 Å². The molecular weight excluding hydrogens is 331 g/mol. The van der Waals surface area contributed by atoms with Crippen LogP contribution in [0.25, 0.3) is 0 Å². The third kappa shape index (κ3) is 3.77. The van der Waals surface area contributed by atoms with Crippen molar-refractivity contribution in [3.63, 3.8) is 0 Å². The molecule has 1 aromatic heterocycles. The number of ether oxygens (including phenoxy) is 2. The second-order valence-corrected chi connectivity index (χ2v) is 4.70. The van der Waals surface area contributed by atoms with Crippen LogP contribution < -0.4 is 15.2 Å². The lowest BCUT2D eigenvalue weighted by Gasteiger charge is -2.07. The zero-order chi connectivity index (χ0) is 14.5. The fraction of sp³-hybridized carbons (Fsp3) is 0.250. The van der Waals surface area contributed by atoms with Crippen LogP contribution in [0.4, 0.5) is 10.3 Å². The van der Waals surface area contributed by atoms with Crippen LogP contribution in [0.1, 0.15) is 13.3 Å². The SMILES string of the molecule is CCCOc1nc(N)nc(Oc2cc(Br)ccc2F)n1. The van der Waals surface area contributed by atoms with Gasteiger partial charge in [-0.1, -0.05) is 22.9 Å². The Kier molecular flexibility index (Phi) is 4.67. The van der Waals surface area contributed by atoms with E-state index in [1.54, 1.807) is 6.07 Å². The third-order valence-electron chi connectivity index (χ3n) is 2.14. The average Bonchev–Trinajstić information content (AvgIpc) is 2.40. The monoisotopic (exact) mass is 342 g/mol. The highest BCUT2D eigenvalue weighted by Crippen LogP contribution is 2.26. The molecule has 0 spiro atoms. The summed E-state index contributed by atoms with van der Waals surface area (Å²) < 4.78 is 24.8. The first-order valence-corrected chi connectivity index (χ1v) is 6.65. The lowest BCUT2D eigenvalue weighted by Crippen LogP contribution is -2.06. The number of anilines is 1. The fourth-order valence-electron chi connectivity index (χ4n) is 1.31. The number of hydrogen-bond donors (Lipinski definition) is 1. The van der Waals surface area contributed by atoms with Gasteiger partial charge in [0.25, 0.3) is 0 Å². The van der Waals surface area contributed by atoms with E-state index in [0.717, 1.165) is 6.42 Å². The van der Waals surface area contributed by atoms with Crippen LogP contribution in [0, 0.1) is 5.82 Å². The first-order valence-electron chi connectivity index (χ1n) is 5.85. The maximum atomic E-state index is 13.6. The summed E-state index contributed by atoms with van der Waals surface area (Å²) in [6, 6.07) is 4.20. The molecule has 0 saturated heterocycles. The molecule has 0 amide bonds. The Balaban J connectivity index is 2.24. The van der Waals surface area contributed by atoms with Gasteiger partial charge in [0.15, 0.2) is 11.6 Å². The molecule has 1 aromatic carbocycles. The minimum absolute atomic E-state index is 0.0218. The Labute approximate surface area is 123 Å². The van der Waals surface area contributed by atoms with Crippen LogP contribution in [0.2, 0.25) is 0 Å². The highest BCUT2D eigenvalue weighted by atomic mass is 79.9. The van der Waals surface area contributed by atoms with E-state index in [4.69, 9.17) is 15.2 Å². The van der Waals surface area contributed by atoms with Crippen molar-refractivity contribution in [1.82, 2.24) is 15.0 Å². The Morgan fingerprint density at radius 2 is 2.00 bits per heavy atom. The van der Waals surface area contributed by atoms with E-state index in [9.17, 15) is 4.39 Å². The molecular formula is C12H12BrFN4O2. The number of aromatic nitrogens is 3. The second kappa shape index (κ2) is 6.47. The van der Waals surface area contributed by atoms with Gasteiger partial charge in [0.05, 0.1) is 6.61 Å². The van der Waals surface area contributed by atoms with E-state index < -0.39 is 5.82 Å². The molecule has 1 heterocycles. The number of rotatable bonds is 5. The summed E-state index contributed by atoms with van der Waals surface area (Å²) in [5, 5.41) is 0. The number of nitrogen functional groups attached to an aromatic ring is 1. The van der Waals surface area contributed by atoms with E-state index in [1.165, 1.54) is 12.1 Å². The molecule has 0 fully saturated rings. The summed E-state index contributed by atoms with van der Waals surface area (Å²) in [7, 11) is 0. The molecule has 0 aliphatic carbocycles. The van der Waals surface area contributed by atoms with Gasteiger partial charge in [-0.25, -0.2) is 4.39 Å². The summed E-state index contributed by atoms with van der Waals surface area (Å²) >= 11 is 3.22. The quantitative estimate of drug-likeness (QED) is 0.899. The topological polar surface area (TPSA) is 83.2 Å². The van der Waals surface area contributed by atoms with Crippen molar-refractivity contribution >= 4 is 21.9 Å². The normalized spacial score (nSPS) is 10.3. The molecule has 2 rings (SSSR count). The Bertz CT molecular complexity index is 612. The van der Waals surface area contributed by atoms with Gasteiger partial charge in [-0.05, 0) is 24.6 Å². The zero-order valence-corrected chi connectivity index (χ0v) is 12.2.